The van der Waals surface area contributed by atoms with Gasteiger partial charge in [-0.25, -0.2) is 17.9 Å². The smallest absolute Gasteiger partial charge is 0.337 e. The maximum atomic E-state index is 11.9. The van der Waals surface area contributed by atoms with Gasteiger partial charge < -0.3 is 10.5 Å². The molecule has 0 amide bonds. The molecule has 0 unspecified atom stereocenters. The van der Waals surface area contributed by atoms with Crippen LogP contribution in [0.2, 0.25) is 0 Å². The van der Waals surface area contributed by atoms with Crippen LogP contribution < -0.4 is 10.5 Å². The summed E-state index contributed by atoms with van der Waals surface area (Å²) in [6, 6.07) is 4.26. The quantitative estimate of drug-likeness (QED) is 0.736. The van der Waals surface area contributed by atoms with Crippen LogP contribution in [0.25, 0.3) is 0 Å². The summed E-state index contributed by atoms with van der Waals surface area (Å²) in [5.74, 6) is -0.503. The van der Waals surface area contributed by atoms with Crippen LogP contribution in [0.4, 0.5) is 0 Å². The molecule has 0 saturated heterocycles. The summed E-state index contributed by atoms with van der Waals surface area (Å²) in [6.45, 7) is 2.00. The zero-order valence-electron chi connectivity index (χ0n) is 10.3. The third kappa shape index (κ3) is 3.28. The summed E-state index contributed by atoms with van der Waals surface area (Å²) < 4.78 is 30.7. The van der Waals surface area contributed by atoms with Crippen molar-refractivity contribution in [3.63, 3.8) is 0 Å². The Labute approximate surface area is 106 Å². The number of carbonyl (C=O) groups excluding carboxylic acids is 1. The third-order valence-corrected chi connectivity index (χ3v) is 3.94. The molecule has 0 heterocycles. The number of nitrogens with two attached hydrogens (primary N) is 1. The van der Waals surface area contributed by atoms with Crippen molar-refractivity contribution in [2.75, 3.05) is 20.2 Å². The number of benzene rings is 1. The van der Waals surface area contributed by atoms with E-state index in [-0.39, 0.29) is 18.0 Å². The van der Waals surface area contributed by atoms with E-state index in [1.165, 1.54) is 25.3 Å². The summed E-state index contributed by atoms with van der Waals surface area (Å²) in [5.41, 5.74) is 6.03. The minimum Gasteiger partial charge on any atom is -0.465 e. The van der Waals surface area contributed by atoms with Crippen LogP contribution in [-0.4, -0.2) is 34.6 Å². The van der Waals surface area contributed by atoms with Crippen LogP contribution >= 0.6 is 0 Å². The molecule has 7 heteroatoms. The second kappa shape index (κ2) is 5.94. The first-order valence-corrected chi connectivity index (χ1v) is 6.79. The first kappa shape index (κ1) is 14.6. The Morgan fingerprint density at radius 1 is 1.44 bits per heavy atom. The molecular weight excluding hydrogens is 256 g/mol. The number of methoxy groups -OCH3 is 1. The van der Waals surface area contributed by atoms with E-state index in [1.54, 1.807) is 6.92 Å². The number of hydrogen-bond donors (Lipinski definition) is 2. The molecule has 3 N–H and O–H groups in total. The molecule has 0 aliphatic rings. The average molecular weight is 272 g/mol. The van der Waals surface area contributed by atoms with Gasteiger partial charge in [0.2, 0.25) is 10.0 Å². The predicted octanol–water partition coefficient (Wildman–Crippen LogP) is 0.0186. The van der Waals surface area contributed by atoms with E-state index in [4.69, 9.17) is 5.73 Å². The van der Waals surface area contributed by atoms with E-state index in [1.807, 2.05) is 0 Å². The van der Waals surface area contributed by atoms with Gasteiger partial charge in [0.05, 0.1) is 17.6 Å². The summed E-state index contributed by atoms with van der Waals surface area (Å²) in [6.07, 6.45) is 0. The first-order chi connectivity index (χ1) is 8.42. The molecule has 0 spiro atoms. The highest BCUT2D eigenvalue weighted by Gasteiger charge is 2.17. The lowest BCUT2D eigenvalue weighted by atomic mass is 10.1. The normalized spacial score (nSPS) is 11.3. The number of aryl methyl sites for hydroxylation is 1. The lowest BCUT2D eigenvalue weighted by molar-refractivity contribution is 0.0600. The van der Waals surface area contributed by atoms with Crippen molar-refractivity contribution in [1.29, 1.82) is 0 Å². The van der Waals surface area contributed by atoms with Crippen molar-refractivity contribution >= 4 is 16.0 Å². The number of sulfonamides is 1. The fourth-order valence-corrected chi connectivity index (χ4v) is 2.74. The van der Waals surface area contributed by atoms with E-state index in [2.05, 4.69) is 9.46 Å². The molecule has 0 fully saturated rings. The highest BCUT2D eigenvalue weighted by Crippen LogP contribution is 2.17. The maximum absolute atomic E-state index is 11.9. The molecule has 1 aromatic carbocycles. The second-order valence-corrected chi connectivity index (χ2v) is 5.39. The van der Waals surface area contributed by atoms with Crippen molar-refractivity contribution < 1.29 is 17.9 Å². The van der Waals surface area contributed by atoms with Gasteiger partial charge in [0.1, 0.15) is 0 Å². The van der Waals surface area contributed by atoms with Crippen LogP contribution in [0.15, 0.2) is 23.1 Å². The van der Waals surface area contributed by atoms with Gasteiger partial charge in [0, 0.05) is 13.1 Å². The fraction of sp³-hybridized carbons (Fsp3) is 0.364. The molecule has 0 atom stereocenters. The number of nitrogens with one attached hydrogen (secondary N) is 1. The van der Waals surface area contributed by atoms with E-state index in [9.17, 15) is 13.2 Å². The van der Waals surface area contributed by atoms with Gasteiger partial charge in [-0.15, -0.1) is 0 Å². The van der Waals surface area contributed by atoms with Gasteiger partial charge in [-0.1, -0.05) is 0 Å². The molecule has 0 aromatic heterocycles. The Bertz CT molecular complexity index is 540. The molecule has 0 radical (unpaired) electrons. The van der Waals surface area contributed by atoms with Crippen molar-refractivity contribution in [2.45, 2.75) is 11.8 Å². The van der Waals surface area contributed by atoms with Gasteiger partial charge in [0.25, 0.3) is 0 Å². The zero-order chi connectivity index (χ0) is 13.8. The van der Waals surface area contributed by atoms with Gasteiger partial charge in [0.15, 0.2) is 0 Å². The third-order valence-electron chi connectivity index (χ3n) is 2.32. The molecule has 18 heavy (non-hydrogen) atoms. The Hall–Kier alpha value is -1.44. The monoisotopic (exact) mass is 272 g/mol. The molecule has 0 aliphatic heterocycles. The van der Waals surface area contributed by atoms with Crippen molar-refractivity contribution in [2.24, 2.45) is 5.73 Å². The van der Waals surface area contributed by atoms with Crippen LogP contribution in [0.3, 0.4) is 0 Å². The zero-order valence-corrected chi connectivity index (χ0v) is 11.1. The number of carbonyl (C=O) groups is 1. The summed E-state index contributed by atoms with van der Waals surface area (Å²) in [7, 11) is -2.32. The number of esters is 1. The second-order valence-electron chi connectivity index (χ2n) is 3.66. The topological polar surface area (TPSA) is 98.5 Å². The van der Waals surface area contributed by atoms with E-state index in [0.717, 1.165) is 0 Å². The molecule has 0 bridgehead atoms. The Morgan fingerprint density at radius 3 is 2.61 bits per heavy atom. The van der Waals surface area contributed by atoms with Crippen LogP contribution in [0.1, 0.15) is 15.9 Å². The number of rotatable bonds is 5. The SMILES string of the molecule is COC(=O)c1ccc(S(=O)(=O)NCCN)c(C)c1. The summed E-state index contributed by atoms with van der Waals surface area (Å²) in [4.78, 5) is 11.4. The van der Waals surface area contributed by atoms with Gasteiger partial charge in [-0.2, -0.15) is 0 Å². The Kier molecular flexibility index (Phi) is 4.83. The fourth-order valence-electron chi connectivity index (χ4n) is 1.47. The lowest BCUT2D eigenvalue weighted by Gasteiger charge is -2.09. The highest BCUT2D eigenvalue weighted by atomic mass is 32.2. The van der Waals surface area contributed by atoms with Crippen LogP contribution in [-0.2, 0) is 14.8 Å². The number of hydrogen-bond acceptors (Lipinski definition) is 5. The molecule has 1 aromatic rings. The van der Waals surface area contributed by atoms with Gasteiger partial charge in [-0.05, 0) is 30.7 Å². The average Bonchev–Trinajstić information content (AvgIpc) is 2.35. The Morgan fingerprint density at radius 2 is 2.11 bits per heavy atom. The van der Waals surface area contributed by atoms with Crippen LogP contribution in [0.5, 0.6) is 0 Å². The molecule has 100 valence electrons. The standard InChI is InChI=1S/C11H16N2O4S/c1-8-7-9(11(14)17-2)3-4-10(8)18(15,16)13-6-5-12/h3-4,7,13H,5-6,12H2,1-2H3. The van der Waals surface area contributed by atoms with Crippen molar-refractivity contribution in [3.05, 3.63) is 29.3 Å². The summed E-state index contributed by atoms with van der Waals surface area (Å²) >= 11 is 0. The van der Waals surface area contributed by atoms with Crippen LogP contribution in [0, 0.1) is 6.92 Å². The largest absolute Gasteiger partial charge is 0.465 e. The molecule has 6 nitrogen and oxygen atoms in total. The summed E-state index contributed by atoms with van der Waals surface area (Å²) in [5, 5.41) is 0. The Balaban J connectivity index is 3.09. The first-order valence-electron chi connectivity index (χ1n) is 5.31. The molecular formula is C11H16N2O4S. The van der Waals surface area contributed by atoms with E-state index in [0.29, 0.717) is 11.1 Å². The van der Waals surface area contributed by atoms with Gasteiger partial charge >= 0.3 is 5.97 Å². The van der Waals surface area contributed by atoms with Crippen molar-refractivity contribution in [3.8, 4) is 0 Å². The van der Waals surface area contributed by atoms with Gasteiger partial charge in [-0.3, -0.25) is 0 Å². The predicted molar refractivity (Wildman–Crippen MR) is 66.8 cm³/mol. The molecule has 0 saturated carbocycles. The van der Waals surface area contributed by atoms with E-state index < -0.39 is 16.0 Å². The molecule has 0 aliphatic carbocycles. The maximum Gasteiger partial charge on any atom is 0.337 e. The minimum absolute atomic E-state index is 0.128. The number of ether oxygens (including phenoxy) is 1. The van der Waals surface area contributed by atoms with Crippen molar-refractivity contribution in [1.82, 2.24) is 4.72 Å². The molecule has 1 rings (SSSR count). The van der Waals surface area contributed by atoms with E-state index >= 15 is 0 Å². The highest BCUT2D eigenvalue weighted by molar-refractivity contribution is 7.89. The lowest BCUT2D eigenvalue weighted by Crippen LogP contribution is -2.29. The minimum atomic E-state index is -3.58.